The van der Waals surface area contributed by atoms with Crippen LogP contribution in [0.1, 0.15) is 470 Å². The number of phosphoric ester groups is 1. The minimum atomic E-state index is -4.33. The number of nitrogens with zero attached hydrogens (tertiary/aromatic N) is 1. The van der Waals surface area contributed by atoms with Gasteiger partial charge in [-0.25, -0.2) is 4.57 Å². The maximum absolute atomic E-state index is 13.1. The van der Waals surface area contributed by atoms with E-state index in [2.05, 4.69) is 19.2 Å². The molecule has 0 aromatic heterocycles. The van der Waals surface area contributed by atoms with Gasteiger partial charge in [0.2, 0.25) is 5.91 Å². The highest BCUT2D eigenvalue weighted by Crippen LogP contribution is 2.43. The predicted octanol–water partition coefficient (Wildman–Crippen LogP) is 27.4. The molecule has 0 spiro atoms. The first kappa shape index (κ1) is 90.5. The van der Waals surface area contributed by atoms with Crippen LogP contribution >= 0.6 is 7.82 Å². The molecule has 1 amide bonds. The molecule has 0 rings (SSSR count). The van der Waals surface area contributed by atoms with Crippen LogP contribution in [0.2, 0.25) is 0 Å². The number of aliphatic hydroxyl groups is 1. The van der Waals surface area contributed by atoms with Gasteiger partial charge in [0, 0.05) is 6.42 Å². The average Bonchev–Trinajstić information content (AvgIpc) is 3.59. The maximum Gasteiger partial charge on any atom is 0.472 e. The van der Waals surface area contributed by atoms with Crippen LogP contribution < -0.4 is 5.32 Å². The van der Waals surface area contributed by atoms with Crippen molar-refractivity contribution in [3.63, 3.8) is 0 Å². The standard InChI is InChI=1S/C82H167N2O6P/c1-6-8-10-12-14-16-18-20-22-24-26-28-30-32-34-36-37-38-39-40-41-42-43-44-45-46-47-48-50-52-54-56-58-60-62-64-66-68-70-72-74-76-82(86)83-80(79-90-91(87,88)89-78-77-84(3,4)5)81(85)75-73-71-69-67-65-63-61-59-57-55-53-51-49-35-33-31-29-27-25-23-21-19-17-15-13-11-9-7-2/h80-81,85H,6-79H2,1-5H3,(H-,83,86,87,88)/p+1. The molecule has 0 radical (unpaired) electrons. The molecule has 0 aliphatic carbocycles. The molecule has 0 aliphatic rings. The number of likely N-dealkylation sites (N-methyl/N-ethyl adjacent to an activating group) is 1. The second-order valence-electron chi connectivity index (χ2n) is 30.6. The summed E-state index contributed by atoms with van der Waals surface area (Å²) in [5, 5.41) is 14.2. The molecular formula is C82H168N2O6P+. The van der Waals surface area contributed by atoms with E-state index < -0.39 is 20.0 Å². The second-order valence-corrected chi connectivity index (χ2v) is 32.0. The molecule has 0 saturated carbocycles. The number of aliphatic hydroxyl groups excluding tert-OH is 1. The number of amides is 1. The molecule has 3 N–H and O–H groups in total. The largest absolute Gasteiger partial charge is 0.472 e. The van der Waals surface area contributed by atoms with Gasteiger partial charge in [0.15, 0.2) is 0 Å². The minimum absolute atomic E-state index is 0.0797. The highest BCUT2D eigenvalue weighted by Gasteiger charge is 2.28. The van der Waals surface area contributed by atoms with Crippen LogP contribution in [0.25, 0.3) is 0 Å². The fraction of sp³-hybridized carbons (Fsp3) is 0.988. The Labute approximate surface area is 571 Å². The summed E-state index contributed by atoms with van der Waals surface area (Å²) in [7, 11) is 1.65. The first-order chi connectivity index (χ1) is 44.5. The van der Waals surface area contributed by atoms with Gasteiger partial charge in [-0.1, -0.05) is 450 Å². The Balaban J connectivity index is 3.83. The molecule has 3 atom stereocenters. The summed E-state index contributed by atoms with van der Waals surface area (Å²) >= 11 is 0. The monoisotopic (exact) mass is 1310 g/mol. The number of hydrogen-bond acceptors (Lipinski definition) is 5. The van der Waals surface area contributed by atoms with E-state index in [1.165, 1.54) is 405 Å². The molecule has 0 fully saturated rings. The zero-order valence-electron chi connectivity index (χ0n) is 62.9. The number of unbranched alkanes of at least 4 members (excludes halogenated alkanes) is 67. The molecule has 8 nitrogen and oxygen atoms in total. The number of carbonyl (C=O) groups is 1. The van der Waals surface area contributed by atoms with E-state index in [1.54, 1.807) is 0 Å². The molecule has 91 heavy (non-hydrogen) atoms. The lowest BCUT2D eigenvalue weighted by Crippen LogP contribution is -2.46. The molecule has 0 heterocycles. The average molecular weight is 1310 g/mol. The summed E-state index contributed by atoms with van der Waals surface area (Å²) in [4.78, 5) is 23.5. The van der Waals surface area contributed by atoms with Gasteiger partial charge in [0.05, 0.1) is 39.9 Å². The lowest BCUT2D eigenvalue weighted by molar-refractivity contribution is -0.870. The van der Waals surface area contributed by atoms with Crippen molar-refractivity contribution in [2.75, 3.05) is 40.9 Å². The number of nitrogens with one attached hydrogen (secondary N) is 1. The van der Waals surface area contributed by atoms with Crippen molar-refractivity contribution in [2.45, 2.75) is 482 Å². The van der Waals surface area contributed by atoms with Gasteiger partial charge >= 0.3 is 7.82 Å². The van der Waals surface area contributed by atoms with Crippen molar-refractivity contribution in [2.24, 2.45) is 0 Å². The Kier molecular flexibility index (Phi) is 73.3. The van der Waals surface area contributed by atoms with Crippen LogP contribution in [-0.4, -0.2) is 73.4 Å². The maximum atomic E-state index is 13.1. The van der Waals surface area contributed by atoms with Crippen LogP contribution in [0.4, 0.5) is 0 Å². The first-order valence-electron chi connectivity index (χ1n) is 41.9. The van der Waals surface area contributed by atoms with E-state index >= 15 is 0 Å². The van der Waals surface area contributed by atoms with Gasteiger partial charge in [-0.05, 0) is 12.8 Å². The summed E-state index contributed by atoms with van der Waals surface area (Å²) < 4.78 is 24.0. The van der Waals surface area contributed by atoms with Crippen LogP contribution in [0.3, 0.4) is 0 Å². The summed E-state index contributed by atoms with van der Waals surface area (Å²) in [5.74, 6) is -0.131. The van der Waals surface area contributed by atoms with Crippen LogP contribution in [0.15, 0.2) is 0 Å². The number of phosphoric acid groups is 1. The van der Waals surface area contributed by atoms with Crippen molar-refractivity contribution in [3.05, 3.63) is 0 Å². The molecule has 546 valence electrons. The van der Waals surface area contributed by atoms with E-state index in [0.717, 1.165) is 38.5 Å². The summed E-state index contributed by atoms with van der Waals surface area (Å²) in [6.45, 7) is 4.98. The fourth-order valence-electron chi connectivity index (χ4n) is 13.6. The third-order valence-electron chi connectivity index (χ3n) is 20.1. The van der Waals surface area contributed by atoms with Gasteiger partial charge < -0.3 is 19.8 Å². The van der Waals surface area contributed by atoms with Gasteiger partial charge in [-0.2, -0.15) is 0 Å². The lowest BCUT2D eigenvalue weighted by atomic mass is 10.0. The third kappa shape index (κ3) is 76.7. The van der Waals surface area contributed by atoms with Gasteiger partial charge in [-0.15, -0.1) is 0 Å². The van der Waals surface area contributed by atoms with E-state index in [4.69, 9.17) is 9.05 Å². The zero-order chi connectivity index (χ0) is 66.2. The second kappa shape index (κ2) is 73.7. The van der Waals surface area contributed by atoms with Crippen molar-refractivity contribution in [1.82, 2.24) is 5.32 Å². The van der Waals surface area contributed by atoms with Crippen molar-refractivity contribution < 1.29 is 32.9 Å². The highest BCUT2D eigenvalue weighted by molar-refractivity contribution is 7.47. The molecule has 9 heteroatoms. The van der Waals surface area contributed by atoms with Gasteiger partial charge in [-0.3, -0.25) is 13.8 Å². The quantitative estimate of drug-likeness (QED) is 0.0318. The van der Waals surface area contributed by atoms with Crippen molar-refractivity contribution in [1.29, 1.82) is 0 Å². The SMILES string of the molecule is CCCCCCCCCCCCCCCCCCCCCCCCCCCCCCCCCCCCCCCCCCCC(=O)NC(COP(=O)(O)OCC[N+](C)(C)C)C(O)CCCCCCCCCCCCCCCCCCCCCCCCCCCCCC. The Hall–Kier alpha value is -0.500. The predicted molar refractivity (Wildman–Crippen MR) is 402 cm³/mol. The zero-order valence-corrected chi connectivity index (χ0v) is 63.8. The van der Waals surface area contributed by atoms with Gasteiger partial charge in [0.25, 0.3) is 0 Å². The topological polar surface area (TPSA) is 105 Å². The number of carbonyl (C=O) groups excluding carboxylic acids is 1. The molecule has 0 aliphatic heterocycles. The molecule has 0 saturated heterocycles. The molecule has 3 unspecified atom stereocenters. The van der Waals surface area contributed by atoms with Crippen molar-refractivity contribution in [3.8, 4) is 0 Å². The smallest absolute Gasteiger partial charge is 0.391 e. The normalized spacial score (nSPS) is 13.4. The number of quaternary nitrogens is 1. The van der Waals surface area contributed by atoms with Crippen LogP contribution in [-0.2, 0) is 18.4 Å². The molecule has 0 bridgehead atoms. The highest BCUT2D eigenvalue weighted by atomic mass is 31.2. The molecule has 0 aromatic carbocycles. The fourth-order valence-corrected chi connectivity index (χ4v) is 14.4. The summed E-state index contributed by atoms with van der Waals surface area (Å²) in [5.41, 5.74) is 0. The van der Waals surface area contributed by atoms with Crippen LogP contribution in [0, 0.1) is 0 Å². The van der Waals surface area contributed by atoms with E-state index in [0.29, 0.717) is 23.9 Å². The first-order valence-corrected chi connectivity index (χ1v) is 43.4. The Morgan fingerprint density at radius 1 is 0.330 bits per heavy atom. The van der Waals surface area contributed by atoms with Crippen molar-refractivity contribution >= 4 is 13.7 Å². The van der Waals surface area contributed by atoms with E-state index in [-0.39, 0.29) is 19.1 Å². The third-order valence-corrected chi connectivity index (χ3v) is 21.1. The lowest BCUT2D eigenvalue weighted by Gasteiger charge is -2.26. The minimum Gasteiger partial charge on any atom is -0.391 e. The number of rotatable bonds is 80. The number of hydrogen-bond donors (Lipinski definition) is 3. The molecular weight excluding hydrogens is 1140 g/mol. The van der Waals surface area contributed by atoms with E-state index in [1.807, 2.05) is 21.1 Å². The summed E-state index contributed by atoms with van der Waals surface area (Å²) in [6, 6.07) is -0.758. The molecule has 0 aromatic rings. The van der Waals surface area contributed by atoms with Gasteiger partial charge in [0.1, 0.15) is 13.2 Å². The summed E-state index contributed by atoms with van der Waals surface area (Å²) in [6.07, 6.45) is 95.7. The van der Waals surface area contributed by atoms with E-state index in [9.17, 15) is 19.4 Å². The Morgan fingerprint density at radius 3 is 0.736 bits per heavy atom. The Morgan fingerprint density at radius 2 is 0.527 bits per heavy atom. The van der Waals surface area contributed by atoms with Crippen LogP contribution in [0.5, 0.6) is 0 Å². The Bertz CT molecular complexity index is 1440.